The summed E-state index contributed by atoms with van der Waals surface area (Å²) in [6.45, 7) is 0.0482. The normalized spacial score (nSPS) is 16.1. The first kappa shape index (κ1) is 20.7. The SMILES string of the molecule is O=C(C1=CNN(C(=O)c2ccc(Cn3c(=O)[nH]c(=O)c4ccccc43)o2)C=C1)C1CCCC1. The van der Waals surface area contributed by atoms with Crippen LogP contribution < -0.4 is 16.7 Å². The van der Waals surface area contributed by atoms with E-state index in [4.69, 9.17) is 4.42 Å². The quantitative estimate of drug-likeness (QED) is 0.622. The number of hydrogen-bond acceptors (Lipinski definition) is 6. The average Bonchev–Trinajstić information content (AvgIpc) is 3.54. The molecule has 0 unspecified atom stereocenters. The van der Waals surface area contributed by atoms with E-state index in [9.17, 15) is 19.2 Å². The fourth-order valence-corrected chi connectivity index (χ4v) is 4.34. The first-order valence-electron chi connectivity index (χ1n) is 10.8. The van der Waals surface area contributed by atoms with Crippen molar-refractivity contribution in [3.63, 3.8) is 0 Å². The van der Waals surface area contributed by atoms with Crippen molar-refractivity contribution in [3.05, 3.63) is 92.8 Å². The van der Waals surface area contributed by atoms with Crippen LogP contribution in [-0.4, -0.2) is 26.3 Å². The summed E-state index contributed by atoms with van der Waals surface area (Å²) in [6.07, 6.45) is 8.65. The van der Waals surface area contributed by atoms with E-state index in [-0.39, 0.29) is 24.0 Å². The summed E-state index contributed by atoms with van der Waals surface area (Å²) in [5.74, 6) is 0.168. The Kier molecular flexibility index (Phi) is 5.29. The number of nitrogens with zero attached hydrogens (tertiary/aromatic N) is 2. The molecule has 2 aromatic heterocycles. The van der Waals surface area contributed by atoms with Crippen LogP contribution in [0.2, 0.25) is 0 Å². The molecule has 9 heteroatoms. The van der Waals surface area contributed by atoms with E-state index in [0.29, 0.717) is 22.2 Å². The van der Waals surface area contributed by atoms with Crippen molar-refractivity contribution >= 4 is 22.6 Å². The number of fused-ring (bicyclic) bond motifs is 1. The Hall–Kier alpha value is -4.14. The van der Waals surface area contributed by atoms with E-state index in [1.165, 1.54) is 28.0 Å². The molecule has 0 saturated heterocycles. The van der Waals surface area contributed by atoms with Crippen LogP contribution in [0, 0.1) is 5.92 Å². The van der Waals surface area contributed by atoms with Gasteiger partial charge in [-0.25, -0.2) is 9.80 Å². The molecule has 2 N–H and O–H groups in total. The minimum absolute atomic E-state index is 0.0482. The molecule has 3 aromatic rings. The molecule has 1 aromatic carbocycles. The van der Waals surface area contributed by atoms with Crippen LogP contribution in [0.5, 0.6) is 0 Å². The fourth-order valence-electron chi connectivity index (χ4n) is 4.34. The van der Waals surface area contributed by atoms with Gasteiger partial charge in [0.25, 0.3) is 5.56 Å². The van der Waals surface area contributed by atoms with Crippen LogP contribution in [0.15, 0.2) is 74.5 Å². The molecular weight excluding hydrogens is 424 g/mol. The van der Waals surface area contributed by atoms with E-state index in [1.807, 2.05) is 0 Å². The minimum atomic E-state index is -0.562. The molecule has 3 heterocycles. The monoisotopic (exact) mass is 446 g/mol. The van der Waals surface area contributed by atoms with Crippen LogP contribution in [0.1, 0.15) is 42.0 Å². The number of nitrogens with one attached hydrogen (secondary N) is 2. The van der Waals surface area contributed by atoms with Gasteiger partial charge in [-0.2, -0.15) is 0 Å². The lowest BCUT2D eigenvalue weighted by atomic mass is 9.96. The summed E-state index contributed by atoms with van der Waals surface area (Å²) in [5, 5.41) is 1.62. The maximum Gasteiger partial charge on any atom is 0.329 e. The Balaban J connectivity index is 1.31. The van der Waals surface area contributed by atoms with Gasteiger partial charge in [-0.05, 0) is 43.2 Å². The second-order valence-corrected chi connectivity index (χ2v) is 8.19. The van der Waals surface area contributed by atoms with Crippen molar-refractivity contribution in [1.82, 2.24) is 20.0 Å². The van der Waals surface area contributed by atoms with Gasteiger partial charge in [0.05, 0.1) is 17.4 Å². The van der Waals surface area contributed by atoms with Crippen molar-refractivity contribution in [2.24, 2.45) is 5.92 Å². The number of ketones is 1. The first-order valence-corrected chi connectivity index (χ1v) is 10.8. The zero-order chi connectivity index (χ0) is 22.9. The van der Waals surface area contributed by atoms with Crippen LogP contribution in [-0.2, 0) is 11.3 Å². The summed E-state index contributed by atoms with van der Waals surface area (Å²) < 4.78 is 7.07. The Morgan fingerprint density at radius 1 is 1.06 bits per heavy atom. The number of hydrazine groups is 1. The third kappa shape index (κ3) is 3.93. The van der Waals surface area contributed by atoms with E-state index in [2.05, 4.69) is 10.4 Å². The number of benzene rings is 1. The van der Waals surface area contributed by atoms with Crippen molar-refractivity contribution in [3.8, 4) is 0 Å². The summed E-state index contributed by atoms with van der Waals surface area (Å²) in [5.41, 5.74) is 2.84. The number of carbonyl (C=O) groups is 2. The maximum atomic E-state index is 12.8. The third-order valence-corrected chi connectivity index (χ3v) is 6.08. The van der Waals surface area contributed by atoms with Crippen LogP contribution in [0.25, 0.3) is 10.9 Å². The van der Waals surface area contributed by atoms with Gasteiger partial charge in [0, 0.05) is 23.9 Å². The Morgan fingerprint density at radius 3 is 2.61 bits per heavy atom. The van der Waals surface area contributed by atoms with Crippen LogP contribution in [0.4, 0.5) is 0 Å². The molecule has 1 aliphatic carbocycles. The molecule has 1 fully saturated rings. The van der Waals surface area contributed by atoms with Crippen molar-refractivity contribution in [2.45, 2.75) is 32.2 Å². The zero-order valence-electron chi connectivity index (χ0n) is 17.7. The molecule has 1 aliphatic heterocycles. The number of para-hydroxylation sites is 1. The van der Waals surface area contributed by atoms with Gasteiger partial charge in [-0.1, -0.05) is 25.0 Å². The molecule has 9 nitrogen and oxygen atoms in total. The van der Waals surface area contributed by atoms with Gasteiger partial charge in [0.15, 0.2) is 11.5 Å². The highest BCUT2D eigenvalue weighted by Crippen LogP contribution is 2.28. The second kappa shape index (κ2) is 8.42. The number of aromatic nitrogens is 2. The second-order valence-electron chi connectivity index (χ2n) is 8.19. The van der Waals surface area contributed by atoms with Crippen LogP contribution in [0.3, 0.4) is 0 Å². The molecular formula is C24H22N4O5. The number of amides is 1. The molecule has 0 atom stereocenters. The molecule has 5 rings (SSSR count). The first-order chi connectivity index (χ1) is 16.0. The van der Waals surface area contributed by atoms with Gasteiger partial charge >= 0.3 is 11.6 Å². The van der Waals surface area contributed by atoms with Gasteiger partial charge in [0.2, 0.25) is 0 Å². The van der Waals surface area contributed by atoms with E-state index in [1.54, 1.807) is 36.4 Å². The standard InChI is InChI=1S/C24H22N4O5/c29-21(15-5-1-2-6-15)16-11-12-28(25-13-16)23(31)20-10-9-17(33-20)14-27-19-8-4-3-7-18(19)22(30)26-24(27)32/h3-4,7-13,15,25H,1-2,5-6,14H2,(H,26,30,32). The largest absolute Gasteiger partial charge is 0.454 e. The number of H-pyrrole nitrogens is 1. The molecule has 33 heavy (non-hydrogen) atoms. The highest BCUT2D eigenvalue weighted by molar-refractivity contribution is 6.00. The lowest BCUT2D eigenvalue weighted by Crippen LogP contribution is -2.37. The number of carbonyl (C=O) groups excluding carboxylic acids is 2. The number of allylic oxidation sites excluding steroid dienone is 2. The summed E-state index contributed by atoms with van der Waals surface area (Å²) >= 11 is 0. The number of hydrogen-bond donors (Lipinski definition) is 2. The summed E-state index contributed by atoms with van der Waals surface area (Å²) in [4.78, 5) is 52.0. The fraction of sp³-hybridized carbons (Fsp3) is 0.250. The molecule has 168 valence electrons. The summed E-state index contributed by atoms with van der Waals surface area (Å²) in [6, 6.07) is 9.90. The number of furan rings is 1. The van der Waals surface area contributed by atoms with E-state index in [0.717, 1.165) is 25.7 Å². The Bertz CT molecular complexity index is 1420. The lowest BCUT2D eigenvalue weighted by molar-refractivity contribution is -0.118. The predicted octanol–water partition coefficient (Wildman–Crippen LogP) is 2.45. The van der Waals surface area contributed by atoms with Crippen molar-refractivity contribution < 1.29 is 14.0 Å². The van der Waals surface area contributed by atoms with E-state index < -0.39 is 17.2 Å². The molecule has 0 spiro atoms. The lowest BCUT2D eigenvalue weighted by Gasteiger charge is -2.21. The van der Waals surface area contributed by atoms with Gasteiger partial charge in [0.1, 0.15) is 5.76 Å². The van der Waals surface area contributed by atoms with Gasteiger partial charge < -0.3 is 4.42 Å². The molecule has 1 amide bonds. The topological polar surface area (TPSA) is 117 Å². The minimum Gasteiger partial charge on any atom is -0.454 e. The summed E-state index contributed by atoms with van der Waals surface area (Å²) in [7, 11) is 0. The van der Waals surface area contributed by atoms with Gasteiger partial charge in [-0.15, -0.1) is 0 Å². The smallest absolute Gasteiger partial charge is 0.329 e. The van der Waals surface area contributed by atoms with Gasteiger partial charge in [-0.3, -0.25) is 29.4 Å². The average molecular weight is 446 g/mol. The predicted molar refractivity (Wildman–Crippen MR) is 120 cm³/mol. The zero-order valence-corrected chi connectivity index (χ0v) is 17.7. The van der Waals surface area contributed by atoms with Crippen molar-refractivity contribution in [2.75, 3.05) is 0 Å². The highest BCUT2D eigenvalue weighted by Gasteiger charge is 2.26. The Morgan fingerprint density at radius 2 is 1.85 bits per heavy atom. The van der Waals surface area contributed by atoms with Crippen LogP contribution >= 0.6 is 0 Å². The molecule has 0 radical (unpaired) electrons. The van der Waals surface area contributed by atoms with Crippen molar-refractivity contribution in [1.29, 1.82) is 0 Å². The third-order valence-electron chi connectivity index (χ3n) is 6.08. The number of rotatable bonds is 5. The molecule has 2 aliphatic rings. The molecule has 0 bridgehead atoms. The molecule has 1 saturated carbocycles. The Labute approximate surface area is 188 Å². The number of Topliss-reactive ketones (excluding diaryl/α,β-unsaturated/α-hetero) is 1. The highest BCUT2D eigenvalue weighted by atomic mass is 16.4. The number of aromatic amines is 1. The van der Waals surface area contributed by atoms with E-state index >= 15 is 0 Å². The maximum absolute atomic E-state index is 12.8.